The lowest BCUT2D eigenvalue weighted by molar-refractivity contribution is 0.467. The van der Waals surface area contributed by atoms with Crippen molar-refractivity contribution >= 4 is 27.6 Å². The van der Waals surface area contributed by atoms with Gasteiger partial charge in [-0.3, -0.25) is 0 Å². The van der Waals surface area contributed by atoms with Gasteiger partial charge in [0.1, 0.15) is 11.6 Å². The molecule has 2 aromatic carbocycles. The maximum atomic E-state index is 13.2. The van der Waals surface area contributed by atoms with Crippen LogP contribution in [0.2, 0.25) is 0 Å². The molecule has 19 heavy (non-hydrogen) atoms. The highest BCUT2D eigenvalue weighted by Crippen LogP contribution is 2.30. The molecule has 0 unspecified atom stereocenters. The number of benzene rings is 2. The summed E-state index contributed by atoms with van der Waals surface area (Å²) in [5.41, 5.74) is 2.15. The molecular weight excluding hydrogens is 307 g/mol. The number of allylic oxidation sites excluding steroid dienone is 2. The van der Waals surface area contributed by atoms with Gasteiger partial charge in [-0.2, -0.15) is 0 Å². The van der Waals surface area contributed by atoms with Crippen LogP contribution in [0, 0.1) is 5.82 Å². The van der Waals surface area contributed by atoms with E-state index in [2.05, 4.69) is 22.5 Å². The van der Waals surface area contributed by atoms with E-state index in [1.165, 1.54) is 6.07 Å². The molecule has 1 N–H and O–H groups in total. The average molecular weight is 319 g/mol. The minimum Gasteiger partial charge on any atom is -0.507 e. The molecule has 96 valence electrons. The van der Waals surface area contributed by atoms with E-state index in [0.717, 1.165) is 11.6 Å². The van der Waals surface area contributed by atoms with Crippen molar-refractivity contribution < 1.29 is 9.50 Å². The van der Waals surface area contributed by atoms with Crippen LogP contribution in [0.25, 0.3) is 11.6 Å². The lowest BCUT2D eigenvalue weighted by atomic mass is 10.0. The first-order chi connectivity index (χ1) is 9.08. The Balaban J connectivity index is 2.26. The molecule has 0 spiro atoms. The van der Waals surface area contributed by atoms with Gasteiger partial charge in [-0.05, 0) is 33.1 Å². The van der Waals surface area contributed by atoms with Crippen molar-refractivity contribution in [1.29, 1.82) is 0 Å². The fourth-order valence-corrected chi connectivity index (χ4v) is 1.99. The van der Waals surface area contributed by atoms with Gasteiger partial charge in [0.2, 0.25) is 0 Å². The first kappa shape index (κ1) is 13.6. The fourth-order valence-electron chi connectivity index (χ4n) is 1.64. The Kier molecular flexibility index (Phi) is 4.17. The van der Waals surface area contributed by atoms with Gasteiger partial charge in [-0.25, -0.2) is 4.39 Å². The van der Waals surface area contributed by atoms with Crippen LogP contribution in [0.3, 0.4) is 0 Å². The van der Waals surface area contributed by atoms with Crippen molar-refractivity contribution in [2.45, 2.75) is 0 Å². The highest BCUT2D eigenvalue weighted by atomic mass is 79.9. The largest absolute Gasteiger partial charge is 0.507 e. The molecule has 0 saturated carbocycles. The zero-order chi connectivity index (χ0) is 13.8. The van der Waals surface area contributed by atoms with E-state index >= 15 is 0 Å². The summed E-state index contributed by atoms with van der Waals surface area (Å²) >= 11 is 3.09. The highest BCUT2D eigenvalue weighted by molar-refractivity contribution is 9.10. The Morgan fingerprint density at radius 1 is 1.21 bits per heavy atom. The zero-order valence-electron chi connectivity index (χ0n) is 10.1. The van der Waals surface area contributed by atoms with Crippen molar-refractivity contribution in [2.24, 2.45) is 0 Å². The van der Waals surface area contributed by atoms with E-state index in [9.17, 15) is 9.50 Å². The lowest BCUT2D eigenvalue weighted by Crippen LogP contribution is -1.85. The van der Waals surface area contributed by atoms with Gasteiger partial charge in [0.25, 0.3) is 0 Å². The molecule has 0 aliphatic rings. The van der Waals surface area contributed by atoms with Crippen LogP contribution in [0.15, 0.2) is 59.6 Å². The third kappa shape index (κ3) is 3.32. The summed E-state index contributed by atoms with van der Waals surface area (Å²) in [4.78, 5) is 0. The molecule has 0 aromatic heterocycles. The second-order valence-corrected chi connectivity index (χ2v) is 4.91. The van der Waals surface area contributed by atoms with E-state index in [4.69, 9.17) is 0 Å². The number of phenolic OH excluding ortho intramolecular Hbond substituents is 1. The Hall–Kier alpha value is -1.87. The Bertz CT molecular complexity index is 633. The standard InChI is InChI=1S/C16H12BrFO/c1-11(7-8-12-5-3-2-4-6-12)13-9-14(17)15(18)10-16(13)19/h2-10,19H,1H2/b8-7+. The number of hydrogen-bond acceptors (Lipinski definition) is 1. The SMILES string of the molecule is C=C(/C=C/c1ccccc1)c1cc(Br)c(F)cc1O. The maximum Gasteiger partial charge on any atom is 0.141 e. The number of hydrogen-bond donors (Lipinski definition) is 1. The second kappa shape index (κ2) is 5.85. The molecule has 2 rings (SSSR count). The van der Waals surface area contributed by atoms with Gasteiger partial charge in [0, 0.05) is 11.6 Å². The number of phenols is 1. The molecule has 0 aliphatic carbocycles. The third-order valence-corrected chi connectivity index (χ3v) is 3.27. The van der Waals surface area contributed by atoms with Crippen LogP contribution >= 0.6 is 15.9 Å². The van der Waals surface area contributed by atoms with E-state index in [1.807, 2.05) is 36.4 Å². The Morgan fingerprint density at radius 3 is 2.58 bits per heavy atom. The van der Waals surface area contributed by atoms with E-state index in [0.29, 0.717) is 15.6 Å². The zero-order valence-corrected chi connectivity index (χ0v) is 11.7. The van der Waals surface area contributed by atoms with Gasteiger partial charge in [-0.15, -0.1) is 0 Å². The van der Waals surface area contributed by atoms with Crippen LogP contribution in [0.1, 0.15) is 11.1 Å². The fraction of sp³-hybridized carbons (Fsp3) is 0. The summed E-state index contributed by atoms with van der Waals surface area (Å²) in [6, 6.07) is 12.3. The van der Waals surface area contributed by atoms with Crippen molar-refractivity contribution in [3.63, 3.8) is 0 Å². The van der Waals surface area contributed by atoms with Crippen LogP contribution in [0.4, 0.5) is 4.39 Å². The predicted octanol–water partition coefficient (Wildman–Crippen LogP) is 5.02. The number of aromatic hydroxyl groups is 1. The molecule has 2 aromatic rings. The summed E-state index contributed by atoms with van der Waals surface area (Å²) < 4.78 is 13.5. The smallest absolute Gasteiger partial charge is 0.141 e. The van der Waals surface area contributed by atoms with E-state index in [-0.39, 0.29) is 5.75 Å². The third-order valence-electron chi connectivity index (χ3n) is 2.66. The molecule has 0 amide bonds. The summed E-state index contributed by atoms with van der Waals surface area (Å²) in [5, 5.41) is 9.73. The molecule has 0 aliphatic heterocycles. The van der Waals surface area contributed by atoms with E-state index < -0.39 is 5.82 Å². The van der Waals surface area contributed by atoms with Crippen LogP contribution in [0.5, 0.6) is 5.75 Å². The molecule has 0 heterocycles. The topological polar surface area (TPSA) is 20.2 Å². The first-order valence-corrected chi connectivity index (χ1v) is 6.47. The molecular formula is C16H12BrFO. The normalized spacial score (nSPS) is 10.8. The van der Waals surface area contributed by atoms with Crippen LogP contribution < -0.4 is 0 Å². The molecule has 0 fully saturated rings. The van der Waals surface area contributed by atoms with Crippen molar-refractivity contribution in [2.75, 3.05) is 0 Å². The molecule has 1 nitrogen and oxygen atoms in total. The van der Waals surface area contributed by atoms with Gasteiger partial charge in [-0.1, -0.05) is 49.1 Å². The highest BCUT2D eigenvalue weighted by Gasteiger charge is 2.08. The molecule has 0 atom stereocenters. The maximum absolute atomic E-state index is 13.2. The molecule has 0 saturated heterocycles. The van der Waals surface area contributed by atoms with Gasteiger partial charge in [0.15, 0.2) is 0 Å². The first-order valence-electron chi connectivity index (χ1n) is 5.68. The van der Waals surface area contributed by atoms with E-state index in [1.54, 1.807) is 6.08 Å². The predicted molar refractivity (Wildman–Crippen MR) is 80.3 cm³/mol. The summed E-state index contributed by atoms with van der Waals surface area (Å²) in [6.45, 7) is 3.88. The van der Waals surface area contributed by atoms with Crippen LogP contribution in [-0.2, 0) is 0 Å². The summed E-state index contributed by atoms with van der Waals surface area (Å²) in [7, 11) is 0. The molecule has 3 heteroatoms. The van der Waals surface area contributed by atoms with Gasteiger partial charge < -0.3 is 5.11 Å². The lowest BCUT2D eigenvalue weighted by Gasteiger charge is -2.06. The van der Waals surface area contributed by atoms with Crippen LogP contribution in [-0.4, -0.2) is 5.11 Å². The Morgan fingerprint density at radius 2 is 1.89 bits per heavy atom. The van der Waals surface area contributed by atoms with Gasteiger partial charge in [0.05, 0.1) is 4.47 Å². The minimum atomic E-state index is -0.499. The molecule has 0 radical (unpaired) electrons. The van der Waals surface area contributed by atoms with Gasteiger partial charge >= 0.3 is 0 Å². The van der Waals surface area contributed by atoms with Crippen molar-refractivity contribution in [3.05, 3.63) is 76.5 Å². The number of rotatable bonds is 3. The quantitative estimate of drug-likeness (QED) is 0.788. The van der Waals surface area contributed by atoms with Crippen molar-refractivity contribution in [3.8, 4) is 5.75 Å². The monoisotopic (exact) mass is 318 g/mol. The molecule has 0 bridgehead atoms. The van der Waals surface area contributed by atoms with Crippen molar-refractivity contribution in [1.82, 2.24) is 0 Å². The summed E-state index contributed by atoms with van der Waals surface area (Å²) in [6.07, 6.45) is 3.67. The average Bonchev–Trinajstić information content (AvgIpc) is 2.41. The minimum absolute atomic E-state index is 0.122. The number of halogens is 2. The summed E-state index contributed by atoms with van der Waals surface area (Å²) in [5.74, 6) is -0.621. The Labute approximate surface area is 119 Å². The second-order valence-electron chi connectivity index (χ2n) is 4.05.